The number of benzene rings is 1. The van der Waals surface area contributed by atoms with Crippen LogP contribution in [0, 0.1) is 0 Å². The molecule has 0 bridgehead atoms. The maximum absolute atomic E-state index is 11.3. The van der Waals surface area contributed by atoms with E-state index in [1.807, 2.05) is 30.3 Å². The van der Waals surface area contributed by atoms with Gasteiger partial charge in [0.05, 0.1) is 0 Å². The summed E-state index contributed by atoms with van der Waals surface area (Å²) in [4.78, 5) is 26.8. The molecule has 0 saturated carbocycles. The van der Waals surface area contributed by atoms with E-state index in [1.54, 1.807) is 7.05 Å². The van der Waals surface area contributed by atoms with Crippen molar-refractivity contribution in [2.45, 2.75) is 18.4 Å². The second-order valence-electron chi connectivity index (χ2n) is 4.76. The van der Waals surface area contributed by atoms with Crippen LogP contribution >= 0.6 is 0 Å². The number of carbonyl (C=O) groups is 2. The van der Waals surface area contributed by atoms with Gasteiger partial charge in [0.25, 0.3) is 0 Å². The van der Waals surface area contributed by atoms with E-state index in [1.165, 1.54) is 0 Å². The Balaban J connectivity index is 0.00000180. The van der Waals surface area contributed by atoms with Crippen LogP contribution in [0.15, 0.2) is 30.3 Å². The number of hydrogen-bond acceptors (Lipinski definition) is 4. The van der Waals surface area contributed by atoms with E-state index < -0.39 is 12.0 Å². The van der Waals surface area contributed by atoms with Crippen LogP contribution in [0.2, 0.25) is 0 Å². The van der Waals surface area contributed by atoms with Crippen LogP contribution in [0.3, 0.4) is 0 Å². The van der Waals surface area contributed by atoms with E-state index in [2.05, 4.69) is 0 Å². The van der Waals surface area contributed by atoms with Crippen molar-refractivity contribution in [2.75, 3.05) is 13.6 Å². The summed E-state index contributed by atoms with van der Waals surface area (Å²) in [7, 11) is 1.64. The second kappa shape index (κ2) is 5.81. The lowest BCUT2D eigenvalue weighted by molar-refractivity contribution is -1.08. The number of likely N-dealkylation sites (N-methyl/N-ethyl adjacent to an activating group) is 1. The van der Waals surface area contributed by atoms with Gasteiger partial charge in [-0.05, 0) is 5.56 Å². The van der Waals surface area contributed by atoms with Crippen LogP contribution in [0.25, 0.3) is 0 Å². The summed E-state index contributed by atoms with van der Waals surface area (Å²) >= 11 is 0. The summed E-state index contributed by atoms with van der Waals surface area (Å²) in [5.74, 6) is -0.838. The van der Waals surface area contributed by atoms with Gasteiger partial charge in [-0.15, -0.1) is 4.65 Å². The van der Waals surface area contributed by atoms with Crippen molar-refractivity contribution >= 4 is 12.4 Å². The predicted molar refractivity (Wildman–Crippen MR) is 68.4 cm³/mol. The Labute approximate surface area is 111 Å². The Morgan fingerprint density at radius 3 is 2.58 bits per heavy atom. The summed E-state index contributed by atoms with van der Waals surface area (Å²) in [6.45, 7) is 0.809. The number of hydroxylamine groups is 3. The van der Waals surface area contributed by atoms with Crippen LogP contribution in [0.4, 0.5) is 0 Å². The second-order valence-corrected chi connectivity index (χ2v) is 4.76. The van der Waals surface area contributed by atoms with Crippen LogP contribution in [-0.2, 0) is 14.4 Å². The van der Waals surface area contributed by atoms with Crippen LogP contribution in [-0.4, -0.2) is 41.8 Å². The molecule has 1 saturated heterocycles. The minimum absolute atomic E-state index is 0. The number of rotatable bonds is 4. The van der Waals surface area contributed by atoms with Crippen molar-refractivity contribution in [1.29, 1.82) is 0 Å². The van der Waals surface area contributed by atoms with Crippen molar-refractivity contribution in [3.8, 4) is 0 Å². The molecule has 1 aliphatic rings. The molecule has 6 heteroatoms. The van der Waals surface area contributed by atoms with Crippen molar-refractivity contribution in [3.05, 3.63) is 35.9 Å². The minimum Gasteiger partial charge on any atom is -0.477 e. The first-order chi connectivity index (χ1) is 8.57. The molecule has 0 radical (unpaired) electrons. The highest BCUT2D eigenvalue weighted by molar-refractivity contribution is 5.72. The molecular formula is C13H19N2O4+. The van der Waals surface area contributed by atoms with E-state index in [4.69, 9.17) is 4.84 Å². The molecular weight excluding hydrogens is 248 g/mol. The van der Waals surface area contributed by atoms with Gasteiger partial charge < -0.3 is 11.3 Å². The molecule has 3 atom stereocenters. The third kappa shape index (κ3) is 2.91. The topological polar surface area (TPSA) is 98.6 Å². The van der Waals surface area contributed by atoms with Crippen molar-refractivity contribution in [2.24, 2.45) is 0 Å². The number of aliphatic carboxylic acids is 1. The molecule has 1 aliphatic heterocycles. The van der Waals surface area contributed by atoms with Gasteiger partial charge in [-0.25, -0.2) is 9.59 Å². The molecule has 104 valence electrons. The zero-order chi connectivity index (χ0) is 13.2. The van der Waals surface area contributed by atoms with E-state index in [9.17, 15) is 14.7 Å². The summed E-state index contributed by atoms with van der Waals surface area (Å²) in [6.07, 6.45) is 0.476. The van der Waals surface area contributed by atoms with Crippen LogP contribution in [0.1, 0.15) is 17.9 Å². The molecule has 1 aromatic rings. The van der Waals surface area contributed by atoms with E-state index >= 15 is 0 Å². The van der Waals surface area contributed by atoms with E-state index in [0.29, 0.717) is 19.4 Å². The molecule has 1 fully saturated rings. The van der Waals surface area contributed by atoms with Gasteiger partial charge in [0.2, 0.25) is 6.04 Å². The Hall–Kier alpha value is -1.92. The lowest BCUT2D eigenvalue weighted by atomic mass is 9.96. The quantitative estimate of drug-likeness (QED) is 0.633. The zero-order valence-corrected chi connectivity index (χ0v) is 10.9. The number of carboxylic acid groups (broad SMARTS) is 1. The largest absolute Gasteiger partial charge is 0.477 e. The summed E-state index contributed by atoms with van der Waals surface area (Å²) in [5, 5.41) is 9.23. The number of quaternary nitrogens is 1. The minimum atomic E-state index is -0.933. The molecule has 4 N–H and O–H groups in total. The predicted octanol–water partition coefficient (Wildman–Crippen LogP) is 1.32. The maximum atomic E-state index is 11.3. The smallest absolute Gasteiger partial charge is 0.366 e. The Morgan fingerprint density at radius 1 is 1.42 bits per heavy atom. The van der Waals surface area contributed by atoms with E-state index in [-0.39, 0.29) is 16.7 Å². The van der Waals surface area contributed by atoms with Crippen molar-refractivity contribution < 1.29 is 24.2 Å². The van der Waals surface area contributed by atoms with Gasteiger partial charge in [0.1, 0.15) is 13.6 Å². The number of hydrogen-bond donors (Lipinski definition) is 2. The highest BCUT2D eigenvalue weighted by atomic mass is 16.7. The fourth-order valence-electron chi connectivity index (χ4n) is 2.65. The molecule has 6 nitrogen and oxygen atoms in total. The fraction of sp³-hybridized carbons (Fsp3) is 0.385. The monoisotopic (exact) mass is 267 g/mol. The molecule has 2 unspecified atom stereocenters. The van der Waals surface area contributed by atoms with Gasteiger partial charge in [0, 0.05) is 12.3 Å². The standard InChI is InChI=1S/C13H15NO4.H3N/c1-14(18-9-15)8-11(7-12(14)13(16)17)10-5-3-2-4-6-10;/h2-6,9,11-12H,7-8H2,1H3;1H3/p+1/t11?,12-,14?;/m0./s1. The molecule has 2 rings (SSSR count). The van der Waals surface area contributed by atoms with Crippen molar-refractivity contribution in [1.82, 2.24) is 6.15 Å². The Kier molecular flexibility index (Phi) is 4.63. The lowest BCUT2D eigenvalue weighted by Crippen LogP contribution is -2.51. The van der Waals surface area contributed by atoms with Crippen molar-refractivity contribution in [3.63, 3.8) is 0 Å². The fourth-order valence-corrected chi connectivity index (χ4v) is 2.65. The average Bonchev–Trinajstić information content (AvgIpc) is 2.69. The lowest BCUT2D eigenvalue weighted by Gasteiger charge is -2.27. The number of carbonyl (C=O) groups excluding carboxylic acids is 1. The summed E-state index contributed by atoms with van der Waals surface area (Å²) < 4.78 is -0.196. The third-order valence-electron chi connectivity index (χ3n) is 3.59. The molecule has 0 aliphatic carbocycles. The molecule has 19 heavy (non-hydrogen) atoms. The third-order valence-corrected chi connectivity index (χ3v) is 3.59. The number of likely N-dealkylation sites (tertiary alicyclic amines) is 1. The normalized spacial score (nSPS) is 29.3. The van der Waals surface area contributed by atoms with Gasteiger partial charge in [-0.3, -0.25) is 4.84 Å². The highest BCUT2D eigenvalue weighted by Crippen LogP contribution is 2.36. The summed E-state index contributed by atoms with van der Waals surface area (Å²) in [5.41, 5.74) is 1.08. The molecule has 0 spiro atoms. The van der Waals surface area contributed by atoms with Gasteiger partial charge >= 0.3 is 12.4 Å². The maximum Gasteiger partial charge on any atom is 0.366 e. The number of nitrogens with zero attached hydrogens (tertiary/aromatic N) is 1. The molecule has 0 amide bonds. The zero-order valence-electron chi connectivity index (χ0n) is 10.9. The Bertz CT molecular complexity index is 451. The first-order valence-corrected chi connectivity index (χ1v) is 5.82. The summed E-state index contributed by atoms with van der Waals surface area (Å²) in [6, 6.07) is 9.01. The van der Waals surface area contributed by atoms with Crippen LogP contribution < -0.4 is 6.15 Å². The highest BCUT2D eigenvalue weighted by Gasteiger charge is 2.51. The van der Waals surface area contributed by atoms with Gasteiger partial charge in [-0.1, -0.05) is 30.3 Å². The van der Waals surface area contributed by atoms with Gasteiger partial charge in [-0.2, -0.15) is 0 Å². The van der Waals surface area contributed by atoms with E-state index in [0.717, 1.165) is 5.56 Å². The molecule has 1 heterocycles. The SMILES string of the molecule is C[N+]1(OC=O)CC(c2ccccc2)C[C@H]1C(=O)O.N. The average molecular weight is 267 g/mol. The first kappa shape index (κ1) is 15.1. The molecule has 1 aromatic carbocycles. The van der Waals surface area contributed by atoms with Crippen LogP contribution in [0.5, 0.6) is 0 Å². The number of carboxylic acids is 1. The first-order valence-electron chi connectivity index (χ1n) is 5.82. The van der Waals surface area contributed by atoms with Gasteiger partial charge in [0.15, 0.2) is 0 Å². The molecule has 0 aromatic heterocycles. The Morgan fingerprint density at radius 2 is 2.05 bits per heavy atom.